The monoisotopic (exact) mass is 414 g/mol. The van der Waals surface area contributed by atoms with Gasteiger partial charge in [0.1, 0.15) is 0 Å². The van der Waals surface area contributed by atoms with E-state index in [2.05, 4.69) is 23.7 Å². The minimum Gasteiger partial charge on any atom is -0.392 e. The molecule has 0 amide bonds. The second-order valence-corrected chi connectivity index (χ2v) is 9.22. The Morgan fingerprint density at radius 3 is 2.45 bits per heavy atom. The second-order valence-electron chi connectivity index (χ2n) is 7.57. The summed E-state index contributed by atoms with van der Waals surface area (Å²) in [5.74, 6) is 0.588. The third-order valence-electron chi connectivity index (χ3n) is 4.83. The van der Waals surface area contributed by atoms with Crippen LogP contribution in [-0.2, 0) is 23.1 Å². The number of aromatic nitrogens is 1. The van der Waals surface area contributed by atoms with Gasteiger partial charge in [-0.2, -0.15) is 0 Å². The summed E-state index contributed by atoms with van der Waals surface area (Å²) in [5, 5.41) is 13.7. The molecular weight excluding hydrogens is 388 g/mol. The fourth-order valence-corrected chi connectivity index (χ4v) is 4.52. The van der Waals surface area contributed by atoms with E-state index in [-0.39, 0.29) is 17.4 Å². The molecule has 3 aromatic rings. The molecule has 2 N–H and O–H groups in total. The summed E-state index contributed by atoms with van der Waals surface area (Å²) >= 11 is 0. The van der Waals surface area contributed by atoms with Gasteiger partial charge in [0.25, 0.3) is 10.0 Å². The molecule has 0 atom stereocenters. The van der Waals surface area contributed by atoms with Crippen molar-refractivity contribution in [3.63, 3.8) is 0 Å². The Labute approximate surface area is 171 Å². The number of benzene rings is 2. The highest BCUT2D eigenvalue weighted by molar-refractivity contribution is 7.92. The van der Waals surface area contributed by atoms with Crippen molar-refractivity contribution in [2.75, 3.05) is 4.72 Å². The van der Waals surface area contributed by atoms with Crippen molar-refractivity contribution in [2.24, 2.45) is 5.92 Å². The lowest BCUT2D eigenvalue weighted by Gasteiger charge is -2.15. The maximum absolute atomic E-state index is 13.1. The summed E-state index contributed by atoms with van der Waals surface area (Å²) in [7, 11) is -3.92. The third-order valence-corrected chi connectivity index (χ3v) is 6.22. The quantitative estimate of drug-likeness (QED) is 0.596. The molecule has 1 aromatic heterocycles. The smallest absolute Gasteiger partial charge is 0.264 e. The van der Waals surface area contributed by atoms with Crippen molar-refractivity contribution < 1.29 is 18.0 Å². The minimum atomic E-state index is -3.92. The lowest BCUT2D eigenvalue weighted by molar-refractivity contribution is 0.282. The van der Waals surface area contributed by atoms with Crippen molar-refractivity contribution in [3.8, 4) is 11.1 Å². The van der Waals surface area contributed by atoms with Crippen LogP contribution in [0, 0.1) is 19.8 Å². The number of aryl methyl sites for hydroxylation is 1. The van der Waals surface area contributed by atoms with Crippen molar-refractivity contribution in [1.82, 2.24) is 5.16 Å². The van der Waals surface area contributed by atoms with Gasteiger partial charge in [0.05, 0.1) is 17.2 Å². The largest absolute Gasteiger partial charge is 0.392 e. The predicted octanol–water partition coefficient (Wildman–Crippen LogP) is 4.45. The number of hydrogen-bond acceptors (Lipinski definition) is 5. The first kappa shape index (κ1) is 21.1. The molecule has 0 radical (unpaired) electrons. The van der Waals surface area contributed by atoms with E-state index in [9.17, 15) is 13.5 Å². The van der Waals surface area contributed by atoms with Gasteiger partial charge in [-0.1, -0.05) is 55.4 Å². The van der Waals surface area contributed by atoms with Gasteiger partial charge in [-0.05, 0) is 48.9 Å². The molecule has 0 aliphatic rings. The van der Waals surface area contributed by atoms with Crippen LogP contribution >= 0.6 is 0 Å². The first-order chi connectivity index (χ1) is 13.7. The number of aliphatic hydroxyl groups excluding tert-OH is 1. The zero-order chi connectivity index (χ0) is 21.2. The van der Waals surface area contributed by atoms with Crippen LogP contribution in [0.2, 0.25) is 0 Å². The lowest BCUT2D eigenvalue weighted by atomic mass is 9.94. The van der Waals surface area contributed by atoms with E-state index in [1.165, 1.54) is 0 Å². The topological polar surface area (TPSA) is 92.4 Å². The molecule has 0 unspecified atom stereocenters. The fourth-order valence-electron chi connectivity index (χ4n) is 3.25. The Balaban J connectivity index is 2.06. The number of sulfonamides is 1. The first-order valence-electron chi connectivity index (χ1n) is 9.50. The van der Waals surface area contributed by atoms with E-state index in [4.69, 9.17) is 4.52 Å². The lowest BCUT2D eigenvalue weighted by Crippen LogP contribution is -2.14. The minimum absolute atomic E-state index is 0.104. The van der Waals surface area contributed by atoms with Gasteiger partial charge in [-0.25, -0.2) is 13.1 Å². The van der Waals surface area contributed by atoms with Gasteiger partial charge < -0.3 is 9.63 Å². The van der Waals surface area contributed by atoms with Gasteiger partial charge in [-0.15, -0.1) is 0 Å². The average molecular weight is 415 g/mol. The standard InChI is InChI=1S/C22H26N2O4S/c1-14(2)11-17-9-10-19(18(12-17)13-25)20-7-5-6-8-21(20)29(26,27)24-22-15(3)16(4)23-28-22/h5-10,12,14,24-25H,11,13H2,1-4H3. The molecule has 6 nitrogen and oxygen atoms in total. The highest BCUT2D eigenvalue weighted by Crippen LogP contribution is 2.33. The van der Waals surface area contributed by atoms with Crippen LogP contribution in [0.4, 0.5) is 5.88 Å². The Bertz CT molecular complexity index is 1120. The second kappa shape index (κ2) is 8.39. The van der Waals surface area contributed by atoms with Gasteiger partial charge in [-0.3, -0.25) is 0 Å². The zero-order valence-electron chi connectivity index (χ0n) is 17.1. The molecule has 0 aliphatic carbocycles. The highest BCUT2D eigenvalue weighted by Gasteiger charge is 2.23. The fraction of sp³-hybridized carbons (Fsp3) is 0.318. The molecule has 0 saturated carbocycles. The number of rotatable bonds is 7. The molecule has 29 heavy (non-hydrogen) atoms. The Morgan fingerprint density at radius 2 is 1.83 bits per heavy atom. The van der Waals surface area contributed by atoms with Gasteiger partial charge >= 0.3 is 0 Å². The van der Waals surface area contributed by atoms with E-state index in [0.717, 1.165) is 12.0 Å². The van der Waals surface area contributed by atoms with Gasteiger partial charge in [0, 0.05) is 11.1 Å². The normalized spacial score (nSPS) is 11.8. The van der Waals surface area contributed by atoms with Crippen LogP contribution < -0.4 is 4.72 Å². The number of hydrogen-bond donors (Lipinski definition) is 2. The molecule has 0 fully saturated rings. The maximum atomic E-state index is 13.1. The summed E-state index contributed by atoms with van der Waals surface area (Å²) < 4.78 is 33.8. The summed E-state index contributed by atoms with van der Waals surface area (Å²) in [6.45, 7) is 7.58. The van der Waals surface area contributed by atoms with E-state index in [1.54, 1.807) is 38.1 Å². The SMILES string of the molecule is Cc1noc(NS(=O)(=O)c2ccccc2-c2ccc(CC(C)C)cc2CO)c1C. The van der Waals surface area contributed by atoms with Crippen LogP contribution in [0.5, 0.6) is 0 Å². The maximum Gasteiger partial charge on any atom is 0.264 e. The summed E-state index contributed by atoms with van der Waals surface area (Å²) in [6, 6.07) is 12.5. The van der Waals surface area contributed by atoms with Crippen LogP contribution in [0.3, 0.4) is 0 Å². The van der Waals surface area contributed by atoms with Crippen LogP contribution in [0.1, 0.15) is 36.2 Å². The van der Waals surface area contributed by atoms with Crippen molar-refractivity contribution in [1.29, 1.82) is 0 Å². The number of aliphatic hydroxyl groups is 1. The zero-order valence-corrected chi connectivity index (χ0v) is 17.9. The van der Waals surface area contributed by atoms with Crippen molar-refractivity contribution in [3.05, 3.63) is 64.8 Å². The summed E-state index contributed by atoms with van der Waals surface area (Å²) in [6.07, 6.45) is 0.888. The average Bonchev–Trinajstić information content (AvgIpc) is 2.99. The van der Waals surface area contributed by atoms with E-state index in [0.29, 0.717) is 33.9 Å². The summed E-state index contributed by atoms with van der Waals surface area (Å²) in [4.78, 5) is 0.111. The number of anilines is 1. The first-order valence-corrected chi connectivity index (χ1v) is 11.0. The Hall–Kier alpha value is -2.64. The van der Waals surface area contributed by atoms with Gasteiger partial charge in [0.15, 0.2) is 0 Å². The molecule has 0 spiro atoms. The molecule has 154 valence electrons. The van der Waals surface area contributed by atoms with Crippen molar-refractivity contribution >= 4 is 15.9 Å². The molecular formula is C22H26N2O4S. The van der Waals surface area contributed by atoms with E-state index >= 15 is 0 Å². The summed E-state index contributed by atoms with van der Waals surface area (Å²) in [5.41, 5.74) is 4.27. The molecule has 3 rings (SSSR count). The van der Waals surface area contributed by atoms with Crippen molar-refractivity contribution in [2.45, 2.75) is 45.6 Å². The molecule has 2 aromatic carbocycles. The molecule has 0 aliphatic heterocycles. The predicted molar refractivity (Wildman–Crippen MR) is 113 cm³/mol. The molecule has 0 bridgehead atoms. The van der Waals surface area contributed by atoms with E-state index < -0.39 is 10.0 Å². The number of nitrogens with one attached hydrogen (secondary N) is 1. The third kappa shape index (κ3) is 4.52. The Morgan fingerprint density at radius 1 is 1.10 bits per heavy atom. The van der Waals surface area contributed by atoms with E-state index in [1.807, 2.05) is 18.2 Å². The molecule has 0 saturated heterocycles. The van der Waals surface area contributed by atoms with Crippen LogP contribution in [0.15, 0.2) is 51.9 Å². The molecule has 7 heteroatoms. The van der Waals surface area contributed by atoms with Gasteiger partial charge in [0.2, 0.25) is 5.88 Å². The molecule has 1 heterocycles. The van der Waals surface area contributed by atoms with Crippen LogP contribution in [-0.4, -0.2) is 18.7 Å². The van der Waals surface area contributed by atoms with Crippen LogP contribution in [0.25, 0.3) is 11.1 Å². The Kier molecular flexibility index (Phi) is 6.10. The number of nitrogens with zero attached hydrogens (tertiary/aromatic N) is 1. The highest BCUT2D eigenvalue weighted by atomic mass is 32.2.